The fourth-order valence-corrected chi connectivity index (χ4v) is 4.75. The SMILES string of the molecule is CCOS(=N)(=O)c1ccc(-n2nc(C(C)(C)C)cc2NC(=O)Nc2ccc(OCCc3ccncc3)cc2)cc1. The van der Waals surface area contributed by atoms with Gasteiger partial charge in [0.25, 0.3) is 0 Å². The molecule has 1 atom stereocenters. The predicted molar refractivity (Wildman–Crippen MR) is 156 cm³/mol. The molecule has 0 spiro atoms. The summed E-state index contributed by atoms with van der Waals surface area (Å²) in [5, 5.41) is 10.4. The summed E-state index contributed by atoms with van der Waals surface area (Å²) in [7, 11) is -3.33. The van der Waals surface area contributed by atoms with Crippen LogP contribution in [0.4, 0.5) is 16.3 Å². The molecule has 40 heavy (non-hydrogen) atoms. The molecule has 10 nitrogen and oxygen atoms in total. The average Bonchev–Trinajstić information content (AvgIpc) is 3.35. The van der Waals surface area contributed by atoms with Crippen molar-refractivity contribution in [3.8, 4) is 11.4 Å². The molecule has 2 aromatic heterocycles. The lowest BCUT2D eigenvalue weighted by Gasteiger charge is -2.14. The molecule has 3 N–H and O–H groups in total. The van der Waals surface area contributed by atoms with Crippen molar-refractivity contribution in [2.24, 2.45) is 0 Å². The number of rotatable bonds is 10. The van der Waals surface area contributed by atoms with E-state index in [9.17, 15) is 9.00 Å². The molecule has 0 aliphatic heterocycles. The van der Waals surface area contributed by atoms with Gasteiger partial charge in [0, 0.05) is 36.0 Å². The van der Waals surface area contributed by atoms with Gasteiger partial charge in [-0.15, -0.1) is 0 Å². The molecule has 2 heterocycles. The highest BCUT2D eigenvalue weighted by Crippen LogP contribution is 2.27. The first-order valence-corrected chi connectivity index (χ1v) is 14.4. The fraction of sp³-hybridized carbons (Fsp3) is 0.276. The normalized spacial score (nSPS) is 12.9. The minimum Gasteiger partial charge on any atom is -0.493 e. The number of pyridine rings is 1. The van der Waals surface area contributed by atoms with E-state index in [1.165, 1.54) is 0 Å². The van der Waals surface area contributed by atoms with Crippen LogP contribution in [0.15, 0.2) is 84.0 Å². The van der Waals surface area contributed by atoms with E-state index in [-0.39, 0.29) is 16.9 Å². The highest BCUT2D eigenvalue weighted by molar-refractivity contribution is 7.87. The molecule has 4 rings (SSSR count). The van der Waals surface area contributed by atoms with E-state index in [1.54, 1.807) is 72.5 Å². The van der Waals surface area contributed by atoms with Crippen LogP contribution in [0.2, 0.25) is 0 Å². The molecule has 0 fully saturated rings. The van der Waals surface area contributed by atoms with Crippen molar-refractivity contribution in [3.05, 3.63) is 90.4 Å². The van der Waals surface area contributed by atoms with E-state index in [2.05, 4.69) is 15.6 Å². The van der Waals surface area contributed by atoms with Crippen molar-refractivity contribution in [3.63, 3.8) is 0 Å². The van der Waals surface area contributed by atoms with E-state index >= 15 is 0 Å². The van der Waals surface area contributed by atoms with Crippen LogP contribution < -0.4 is 15.4 Å². The molecule has 0 radical (unpaired) electrons. The third-order valence-electron chi connectivity index (χ3n) is 5.92. The number of carbonyl (C=O) groups is 1. The number of hydrogen-bond acceptors (Lipinski definition) is 7. The van der Waals surface area contributed by atoms with Crippen molar-refractivity contribution in [1.29, 1.82) is 4.78 Å². The number of carbonyl (C=O) groups excluding carboxylic acids is 1. The molecule has 0 saturated carbocycles. The molecule has 0 saturated heterocycles. The molecule has 0 bridgehead atoms. The van der Waals surface area contributed by atoms with Crippen LogP contribution in [-0.2, 0) is 26.0 Å². The van der Waals surface area contributed by atoms with Crippen LogP contribution in [0, 0.1) is 4.78 Å². The quantitative estimate of drug-likeness (QED) is 0.211. The van der Waals surface area contributed by atoms with Gasteiger partial charge in [-0.3, -0.25) is 14.5 Å². The summed E-state index contributed by atoms with van der Waals surface area (Å²) in [6.07, 6.45) is 4.29. The summed E-state index contributed by atoms with van der Waals surface area (Å²) >= 11 is 0. The zero-order chi connectivity index (χ0) is 28.8. The van der Waals surface area contributed by atoms with E-state index < -0.39 is 16.0 Å². The zero-order valence-electron chi connectivity index (χ0n) is 23.0. The summed E-state index contributed by atoms with van der Waals surface area (Å²) in [5.74, 6) is 1.17. The molecule has 210 valence electrons. The van der Waals surface area contributed by atoms with Crippen molar-refractivity contribution >= 4 is 27.5 Å². The van der Waals surface area contributed by atoms with E-state index in [0.717, 1.165) is 17.7 Å². The van der Waals surface area contributed by atoms with Gasteiger partial charge in [0.1, 0.15) is 11.6 Å². The number of benzene rings is 2. The van der Waals surface area contributed by atoms with Gasteiger partial charge < -0.3 is 10.1 Å². The van der Waals surface area contributed by atoms with E-state index in [0.29, 0.717) is 29.5 Å². The van der Waals surface area contributed by atoms with Gasteiger partial charge >= 0.3 is 6.03 Å². The summed E-state index contributed by atoms with van der Waals surface area (Å²) in [6.45, 7) is 8.49. The molecule has 2 amide bonds. The first-order valence-electron chi connectivity index (χ1n) is 12.9. The maximum atomic E-state index is 12.9. The smallest absolute Gasteiger partial charge is 0.324 e. The van der Waals surface area contributed by atoms with Crippen LogP contribution in [0.3, 0.4) is 0 Å². The van der Waals surface area contributed by atoms with Crippen molar-refractivity contribution in [1.82, 2.24) is 14.8 Å². The van der Waals surface area contributed by atoms with Crippen molar-refractivity contribution < 1.29 is 17.9 Å². The lowest BCUT2D eigenvalue weighted by Crippen LogP contribution is -2.21. The number of anilines is 2. The summed E-state index contributed by atoms with van der Waals surface area (Å²) < 4.78 is 32.9. The van der Waals surface area contributed by atoms with E-state index in [4.69, 9.17) is 18.8 Å². The first kappa shape index (κ1) is 28.8. The molecule has 4 aromatic rings. The van der Waals surface area contributed by atoms with Crippen LogP contribution >= 0.6 is 0 Å². The maximum absolute atomic E-state index is 12.9. The predicted octanol–water partition coefficient (Wildman–Crippen LogP) is 6.19. The molecular weight excluding hydrogens is 528 g/mol. The average molecular weight is 563 g/mol. The summed E-state index contributed by atoms with van der Waals surface area (Å²) in [6, 6.07) is 19.0. The van der Waals surface area contributed by atoms with Gasteiger partial charge in [0.2, 0.25) is 0 Å². The van der Waals surface area contributed by atoms with Crippen LogP contribution in [0.1, 0.15) is 39.0 Å². The van der Waals surface area contributed by atoms with Gasteiger partial charge in [-0.1, -0.05) is 20.8 Å². The van der Waals surface area contributed by atoms with Crippen molar-refractivity contribution in [2.45, 2.75) is 44.4 Å². The van der Waals surface area contributed by atoms with Crippen LogP contribution in [-0.4, -0.2) is 38.2 Å². The lowest BCUT2D eigenvalue weighted by atomic mass is 9.92. The molecule has 11 heteroatoms. The molecule has 1 unspecified atom stereocenters. The van der Waals surface area contributed by atoms with Gasteiger partial charge in [-0.2, -0.15) is 5.10 Å². The Hall–Kier alpha value is -4.22. The molecular formula is C29H34N6O4S. The first-order chi connectivity index (χ1) is 19.0. The van der Waals surface area contributed by atoms with Gasteiger partial charge in [0.05, 0.1) is 29.5 Å². The van der Waals surface area contributed by atoms with Gasteiger partial charge in [-0.25, -0.2) is 18.5 Å². The topological polar surface area (TPSA) is 131 Å². The highest BCUT2D eigenvalue weighted by Gasteiger charge is 2.22. The number of nitrogens with one attached hydrogen (secondary N) is 3. The monoisotopic (exact) mass is 562 g/mol. The molecule has 0 aliphatic carbocycles. The number of urea groups is 1. The second-order valence-electron chi connectivity index (χ2n) is 10.0. The lowest BCUT2D eigenvalue weighted by molar-refractivity contribution is 0.262. The van der Waals surface area contributed by atoms with Crippen molar-refractivity contribution in [2.75, 3.05) is 23.8 Å². The Labute approximate surface area is 234 Å². The number of nitrogens with zero attached hydrogens (tertiary/aromatic N) is 3. The fourth-order valence-electron chi connectivity index (χ4n) is 3.78. The zero-order valence-corrected chi connectivity index (χ0v) is 23.8. The minimum absolute atomic E-state index is 0.170. The van der Waals surface area contributed by atoms with Gasteiger partial charge in [0.15, 0.2) is 10.0 Å². The third kappa shape index (κ3) is 7.45. The summed E-state index contributed by atoms with van der Waals surface area (Å²) in [4.78, 5) is 17.2. The number of amides is 2. The number of ether oxygens (including phenoxy) is 1. The Morgan fingerprint density at radius 2 is 1.68 bits per heavy atom. The Morgan fingerprint density at radius 3 is 2.30 bits per heavy atom. The summed E-state index contributed by atoms with van der Waals surface area (Å²) in [5.41, 5.74) is 2.90. The molecule has 0 aliphatic rings. The highest BCUT2D eigenvalue weighted by atomic mass is 32.2. The van der Waals surface area contributed by atoms with Gasteiger partial charge in [-0.05, 0) is 73.2 Å². The largest absolute Gasteiger partial charge is 0.493 e. The second kappa shape index (κ2) is 12.3. The number of hydrogen-bond donors (Lipinski definition) is 3. The van der Waals surface area contributed by atoms with Crippen LogP contribution in [0.5, 0.6) is 5.75 Å². The maximum Gasteiger partial charge on any atom is 0.324 e. The second-order valence-corrected chi connectivity index (χ2v) is 11.8. The Balaban J connectivity index is 1.44. The Morgan fingerprint density at radius 1 is 1.00 bits per heavy atom. The minimum atomic E-state index is -3.33. The number of aromatic nitrogens is 3. The Kier molecular flexibility index (Phi) is 8.86. The van der Waals surface area contributed by atoms with E-state index in [1.807, 2.05) is 39.0 Å². The molecule has 2 aromatic carbocycles. The van der Waals surface area contributed by atoms with Crippen LogP contribution in [0.25, 0.3) is 5.69 Å². The third-order valence-corrected chi connectivity index (χ3v) is 7.38. The standard InChI is InChI=1S/C29H34N6O4S/c1-5-39-40(30,37)25-12-8-23(9-13-25)35-27(20-26(34-35)29(2,3)4)33-28(36)32-22-6-10-24(11-7-22)38-19-16-21-14-17-31-18-15-21/h6-15,17-18,20,30H,5,16,19H2,1-4H3,(H2,32,33,36). The Bertz CT molecular complexity index is 1530.